The van der Waals surface area contributed by atoms with Gasteiger partial charge in [-0.3, -0.25) is 9.97 Å². The van der Waals surface area contributed by atoms with Crippen molar-refractivity contribution in [2.75, 3.05) is 0 Å². The Labute approximate surface area is 212 Å². The molecule has 8 aromatic rings. The summed E-state index contributed by atoms with van der Waals surface area (Å²) in [7, 11) is 0. The Kier molecular flexibility index (Phi) is 4.19. The van der Waals surface area contributed by atoms with E-state index in [2.05, 4.69) is 76.7 Å². The number of fused-ring (bicyclic) bond motifs is 1. The SMILES string of the molecule is c1ccc2oc(-c3cc(-c4ccncc4)c4ccc5ccc(-c6ccncc6)c6ccc3c4c56)nc2c1. The summed E-state index contributed by atoms with van der Waals surface area (Å²) in [4.78, 5) is 13.3. The van der Waals surface area contributed by atoms with E-state index in [1.165, 1.54) is 32.5 Å². The lowest BCUT2D eigenvalue weighted by Gasteiger charge is -2.18. The van der Waals surface area contributed by atoms with Gasteiger partial charge in [-0.15, -0.1) is 0 Å². The third-order valence-electron chi connectivity index (χ3n) is 7.29. The van der Waals surface area contributed by atoms with Crippen LogP contribution in [0.3, 0.4) is 0 Å². The molecule has 37 heavy (non-hydrogen) atoms. The van der Waals surface area contributed by atoms with Crippen LogP contribution in [-0.4, -0.2) is 15.0 Å². The lowest BCUT2D eigenvalue weighted by atomic mass is 9.85. The summed E-state index contributed by atoms with van der Waals surface area (Å²) < 4.78 is 6.30. The highest BCUT2D eigenvalue weighted by Crippen LogP contribution is 2.45. The molecule has 0 bridgehead atoms. The molecule has 0 N–H and O–H groups in total. The molecule has 0 saturated carbocycles. The fourth-order valence-electron chi connectivity index (χ4n) is 5.61. The quantitative estimate of drug-likeness (QED) is 0.241. The first-order chi connectivity index (χ1) is 18.3. The zero-order chi connectivity index (χ0) is 24.3. The molecule has 4 nitrogen and oxygen atoms in total. The standard InChI is InChI=1S/C33H19N3O/c1-2-4-30-29(3-1)36-33(37-30)28-19-27(21-13-17-35-18-14-21)25-8-6-22-5-7-23(20-11-15-34-16-12-20)24-9-10-26(28)32(25)31(22)24/h1-19H. The van der Waals surface area contributed by atoms with E-state index in [0.29, 0.717) is 5.89 Å². The van der Waals surface area contributed by atoms with Crippen molar-refractivity contribution < 1.29 is 4.42 Å². The summed E-state index contributed by atoms with van der Waals surface area (Å²) in [5.41, 5.74) is 7.22. The first-order valence-corrected chi connectivity index (χ1v) is 12.3. The molecule has 4 heteroatoms. The van der Waals surface area contributed by atoms with Crippen LogP contribution < -0.4 is 0 Å². The fourth-order valence-corrected chi connectivity index (χ4v) is 5.61. The van der Waals surface area contributed by atoms with Gasteiger partial charge in [-0.2, -0.15) is 0 Å². The van der Waals surface area contributed by atoms with Crippen molar-refractivity contribution in [1.82, 2.24) is 15.0 Å². The number of para-hydroxylation sites is 2. The topological polar surface area (TPSA) is 51.8 Å². The number of pyridine rings is 2. The average molecular weight is 474 g/mol. The van der Waals surface area contributed by atoms with Crippen LogP contribution in [0.25, 0.3) is 77.1 Å². The maximum Gasteiger partial charge on any atom is 0.227 e. The molecule has 0 aliphatic rings. The van der Waals surface area contributed by atoms with Crippen LogP contribution in [0.4, 0.5) is 0 Å². The molecule has 0 amide bonds. The molecular weight excluding hydrogens is 454 g/mol. The van der Waals surface area contributed by atoms with Crippen LogP contribution in [0.1, 0.15) is 0 Å². The highest BCUT2D eigenvalue weighted by Gasteiger charge is 2.20. The maximum atomic E-state index is 6.30. The Morgan fingerprint density at radius 1 is 0.514 bits per heavy atom. The minimum absolute atomic E-state index is 0.629. The predicted molar refractivity (Wildman–Crippen MR) is 150 cm³/mol. The molecule has 0 spiro atoms. The minimum atomic E-state index is 0.629. The normalized spacial score (nSPS) is 11.8. The number of benzene rings is 5. The van der Waals surface area contributed by atoms with Crippen molar-refractivity contribution in [3.05, 3.63) is 116 Å². The number of hydrogen-bond acceptors (Lipinski definition) is 4. The van der Waals surface area contributed by atoms with Gasteiger partial charge >= 0.3 is 0 Å². The summed E-state index contributed by atoms with van der Waals surface area (Å²) in [6.45, 7) is 0. The van der Waals surface area contributed by atoms with Gasteiger partial charge in [0.15, 0.2) is 5.58 Å². The van der Waals surface area contributed by atoms with Crippen molar-refractivity contribution in [3.63, 3.8) is 0 Å². The van der Waals surface area contributed by atoms with Gasteiger partial charge in [-0.05, 0) is 97.0 Å². The molecule has 8 rings (SSSR count). The third-order valence-corrected chi connectivity index (χ3v) is 7.29. The smallest absolute Gasteiger partial charge is 0.227 e. The van der Waals surface area contributed by atoms with Crippen molar-refractivity contribution in [1.29, 1.82) is 0 Å². The van der Waals surface area contributed by atoms with Gasteiger partial charge in [0.25, 0.3) is 0 Å². The second-order valence-corrected chi connectivity index (χ2v) is 9.29. The summed E-state index contributed by atoms with van der Waals surface area (Å²) >= 11 is 0. The van der Waals surface area contributed by atoms with E-state index in [1.54, 1.807) is 0 Å². The molecule has 0 aliphatic carbocycles. The van der Waals surface area contributed by atoms with E-state index in [1.807, 2.05) is 49.1 Å². The molecule has 0 fully saturated rings. The van der Waals surface area contributed by atoms with E-state index in [9.17, 15) is 0 Å². The fraction of sp³-hybridized carbons (Fsp3) is 0. The summed E-state index contributed by atoms with van der Waals surface area (Å²) in [6.07, 6.45) is 7.38. The molecular formula is C33H19N3O. The summed E-state index contributed by atoms with van der Waals surface area (Å²) in [5, 5.41) is 7.23. The Morgan fingerprint density at radius 3 is 1.89 bits per heavy atom. The largest absolute Gasteiger partial charge is 0.436 e. The molecule has 5 aromatic carbocycles. The van der Waals surface area contributed by atoms with Crippen LogP contribution in [0.15, 0.2) is 120 Å². The average Bonchev–Trinajstić information content (AvgIpc) is 3.40. The van der Waals surface area contributed by atoms with Crippen molar-refractivity contribution in [2.45, 2.75) is 0 Å². The summed E-state index contributed by atoms with van der Waals surface area (Å²) in [5.74, 6) is 0.629. The van der Waals surface area contributed by atoms with Gasteiger partial charge < -0.3 is 4.42 Å². The van der Waals surface area contributed by atoms with Crippen LogP contribution in [0.5, 0.6) is 0 Å². The Balaban J connectivity index is 1.54. The number of oxazole rings is 1. The van der Waals surface area contributed by atoms with E-state index < -0.39 is 0 Å². The van der Waals surface area contributed by atoms with Gasteiger partial charge in [-0.1, -0.05) is 48.5 Å². The molecule has 0 atom stereocenters. The van der Waals surface area contributed by atoms with Gasteiger partial charge in [0.2, 0.25) is 5.89 Å². The van der Waals surface area contributed by atoms with Gasteiger partial charge in [-0.25, -0.2) is 4.98 Å². The Hall–Kier alpha value is -5.09. The molecule has 3 aromatic heterocycles. The van der Waals surface area contributed by atoms with Crippen LogP contribution in [0, 0.1) is 0 Å². The lowest BCUT2D eigenvalue weighted by molar-refractivity contribution is 0.620. The molecule has 3 heterocycles. The van der Waals surface area contributed by atoms with Crippen molar-refractivity contribution >= 4 is 43.4 Å². The van der Waals surface area contributed by atoms with Crippen LogP contribution in [0.2, 0.25) is 0 Å². The number of aromatic nitrogens is 3. The highest BCUT2D eigenvalue weighted by molar-refractivity contribution is 6.29. The first kappa shape index (κ1) is 20.1. The molecule has 0 unspecified atom stereocenters. The van der Waals surface area contributed by atoms with Gasteiger partial charge in [0.1, 0.15) is 5.52 Å². The zero-order valence-electron chi connectivity index (χ0n) is 19.7. The zero-order valence-corrected chi connectivity index (χ0v) is 19.7. The van der Waals surface area contributed by atoms with E-state index in [4.69, 9.17) is 9.40 Å². The van der Waals surface area contributed by atoms with Crippen molar-refractivity contribution in [2.24, 2.45) is 0 Å². The second-order valence-electron chi connectivity index (χ2n) is 9.29. The first-order valence-electron chi connectivity index (χ1n) is 12.3. The number of hydrogen-bond donors (Lipinski definition) is 0. The molecule has 0 aliphatic heterocycles. The van der Waals surface area contributed by atoms with E-state index in [-0.39, 0.29) is 0 Å². The molecule has 172 valence electrons. The number of rotatable bonds is 3. The van der Waals surface area contributed by atoms with Gasteiger partial charge in [0.05, 0.1) is 0 Å². The maximum absolute atomic E-state index is 6.30. The van der Waals surface area contributed by atoms with Gasteiger partial charge in [0, 0.05) is 30.4 Å². The van der Waals surface area contributed by atoms with Crippen LogP contribution >= 0.6 is 0 Å². The Bertz CT molecular complexity index is 2050. The van der Waals surface area contributed by atoms with E-state index >= 15 is 0 Å². The number of nitrogens with zero attached hydrogens (tertiary/aromatic N) is 3. The van der Waals surface area contributed by atoms with Crippen molar-refractivity contribution in [3.8, 4) is 33.7 Å². The second kappa shape index (κ2) is 7.70. The summed E-state index contributed by atoms with van der Waals surface area (Å²) in [6, 6.07) is 31.7. The van der Waals surface area contributed by atoms with E-state index in [0.717, 1.165) is 38.7 Å². The molecule has 0 radical (unpaired) electrons. The van der Waals surface area contributed by atoms with Crippen LogP contribution in [-0.2, 0) is 0 Å². The Morgan fingerprint density at radius 2 is 1.14 bits per heavy atom. The minimum Gasteiger partial charge on any atom is -0.436 e. The predicted octanol–water partition coefficient (Wildman–Crippen LogP) is 8.52. The lowest BCUT2D eigenvalue weighted by Crippen LogP contribution is -1.92. The third kappa shape index (κ3) is 2.99. The monoisotopic (exact) mass is 473 g/mol. The highest BCUT2D eigenvalue weighted by atomic mass is 16.3. The molecule has 0 saturated heterocycles.